The highest BCUT2D eigenvalue weighted by atomic mass is 16.1. The van der Waals surface area contributed by atoms with Gasteiger partial charge in [-0.05, 0) is 31.9 Å². The van der Waals surface area contributed by atoms with Crippen LogP contribution in [0.5, 0.6) is 0 Å². The van der Waals surface area contributed by atoms with Crippen molar-refractivity contribution >= 4 is 17.4 Å². The summed E-state index contributed by atoms with van der Waals surface area (Å²) in [6.45, 7) is 5.94. The van der Waals surface area contributed by atoms with Gasteiger partial charge in [0.25, 0.3) is 5.91 Å². The van der Waals surface area contributed by atoms with Gasteiger partial charge in [0.05, 0.1) is 12.4 Å². The average Bonchev–Trinajstić information content (AvgIpc) is 2.42. The number of hydrogen-bond donors (Lipinski definition) is 3. The first kappa shape index (κ1) is 14.0. The van der Waals surface area contributed by atoms with Gasteiger partial charge in [-0.25, -0.2) is 10.8 Å². The maximum atomic E-state index is 12.2. The number of nitrogens with two attached hydrogens (primary N) is 1. The molecule has 0 saturated carbocycles. The summed E-state index contributed by atoms with van der Waals surface area (Å²) in [6.07, 6.45) is 2.84. The van der Waals surface area contributed by atoms with Crippen molar-refractivity contribution in [2.75, 3.05) is 10.7 Å². The van der Waals surface area contributed by atoms with E-state index in [9.17, 15) is 4.79 Å². The number of anilines is 2. The Morgan fingerprint density at radius 1 is 1.15 bits per heavy atom. The lowest BCUT2D eigenvalue weighted by Gasteiger charge is -2.12. The molecule has 1 amide bonds. The van der Waals surface area contributed by atoms with Gasteiger partial charge in [-0.2, -0.15) is 0 Å². The van der Waals surface area contributed by atoms with Crippen LogP contribution in [-0.4, -0.2) is 15.9 Å². The fourth-order valence-corrected chi connectivity index (χ4v) is 2.10. The number of carbonyl (C=O) groups is 1. The first-order chi connectivity index (χ1) is 9.51. The topological polar surface area (TPSA) is 92.9 Å². The van der Waals surface area contributed by atoms with Crippen LogP contribution < -0.4 is 16.6 Å². The van der Waals surface area contributed by atoms with E-state index in [2.05, 4.69) is 20.7 Å². The number of hydrogen-bond acceptors (Lipinski definition) is 5. The van der Waals surface area contributed by atoms with Gasteiger partial charge in [0.2, 0.25) is 0 Å². The highest BCUT2D eigenvalue weighted by Gasteiger charge is 2.12. The SMILES string of the molecule is Cc1cc(C)c(NC(=O)c2cncc(NN)n2)c(C)c1. The van der Waals surface area contributed by atoms with Gasteiger partial charge in [0, 0.05) is 5.69 Å². The fourth-order valence-electron chi connectivity index (χ4n) is 2.10. The molecule has 4 N–H and O–H groups in total. The van der Waals surface area contributed by atoms with E-state index in [1.165, 1.54) is 12.4 Å². The van der Waals surface area contributed by atoms with Gasteiger partial charge < -0.3 is 10.7 Å². The molecular weight excluding hydrogens is 254 g/mol. The fraction of sp³-hybridized carbons (Fsp3) is 0.214. The van der Waals surface area contributed by atoms with Gasteiger partial charge >= 0.3 is 0 Å². The minimum absolute atomic E-state index is 0.208. The molecule has 0 bridgehead atoms. The molecule has 0 unspecified atom stereocenters. The third kappa shape index (κ3) is 2.92. The Kier molecular flexibility index (Phi) is 3.95. The Bertz CT molecular complexity index is 631. The molecule has 2 aromatic rings. The second kappa shape index (κ2) is 5.66. The van der Waals surface area contributed by atoms with Crippen molar-refractivity contribution < 1.29 is 4.79 Å². The number of nitrogen functional groups attached to an aromatic ring is 1. The summed E-state index contributed by atoms with van der Waals surface area (Å²) >= 11 is 0. The lowest BCUT2D eigenvalue weighted by atomic mass is 10.1. The number of hydrazine groups is 1. The number of aryl methyl sites for hydroxylation is 3. The third-order valence-corrected chi connectivity index (χ3v) is 2.93. The lowest BCUT2D eigenvalue weighted by Crippen LogP contribution is -2.17. The molecule has 104 valence electrons. The first-order valence-electron chi connectivity index (χ1n) is 6.19. The Labute approximate surface area is 117 Å². The van der Waals surface area contributed by atoms with Crippen LogP contribution in [0.15, 0.2) is 24.5 Å². The van der Waals surface area contributed by atoms with Crippen LogP contribution in [0.25, 0.3) is 0 Å². The van der Waals surface area contributed by atoms with Crippen LogP contribution in [0.2, 0.25) is 0 Å². The number of carbonyl (C=O) groups excluding carboxylic acids is 1. The van der Waals surface area contributed by atoms with Crippen LogP contribution in [0.4, 0.5) is 11.5 Å². The predicted octanol–water partition coefficient (Wildman–Crippen LogP) is 1.94. The normalized spacial score (nSPS) is 10.2. The molecule has 1 aromatic heterocycles. The van der Waals surface area contributed by atoms with Crippen LogP contribution in [0, 0.1) is 20.8 Å². The van der Waals surface area contributed by atoms with Crippen molar-refractivity contribution in [2.45, 2.75) is 20.8 Å². The van der Waals surface area contributed by atoms with Crippen LogP contribution in [0.3, 0.4) is 0 Å². The van der Waals surface area contributed by atoms with E-state index < -0.39 is 0 Å². The highest BCUT2D eigenvalue weighted by molar-refractivity contribution is 6.03. The van der Waals surface area contributed by atoms with E-state index in [-0.39, 0.29) is 11.6 Å². The zero-order valence-corrected chi connectivity index (χ0v) is 11.7. The van der Waals surface area contributed by atoms with E-state index in [1.54, 1.807) is 0 Å². The number of nitrogens with one attached hydrogen (secondary N) is 2. The molecule has 0 saturated heterocycles. The number of rotatable bonds is 3. The maximum Gasteiger partial charge on any atom is 0.275 e. The van der Waals surface area contributed by atoms with Gasteiger partial charge in [-0.15, -0.1) is 0 Å². The Morgan fingerprint density at radius 2 is 1.80 bits per heavy atom. The van der Waals surface area contributed by atoms with Crippen molar-refractivity contribution in [3.8, 4) is 0 Å². The minimum Gasteiger partial charge on any atom is -0.320 e. The highest BCUT2D eigenvalue weighted by Crippen LogP contribution is 2.22. The molecule has 20 heavy (non-hydrogen) atoms. The van der Waals surface area contributed by atoms with Crippen molar-refractivity contribution in [3.05, 3.63) is 46.9 Å². The largest absolute Gasteiger partial charge is 0.320 e. The third-order valence-electron chi connectivity index (χ3n) is 2.93. The Morgan fingerprint density at radius 3 is 2.40 bits per heavy atom. The van der Waals surface area contributed by atoms with Crippen LogP contribution in [-0.2, 0) is 0 Å². The monoisotopic (exact) mass is 271 g/mol. The molecule has 0 aliphatic carbocycles. The van der Waals surface area contributed by atoms with Crippen molar-refractivity contribution in [1.82, 2.24) is 9.97 Å². The second-order valence-electron chi connectivity index (χ2n) is 4.66. The smallest absolute Gasteiger partial charge is 0.275 e. The summed E-state index contributed by atoms with van der Waals surface area (Å²) in [5.41, 5.74) is 6.55. The van der Waals surface area contributed by atoms with E-state index in [0.29, 0.717) is 5.82 Å². The summed E-state index contributed by atoms with van der Waals surface area (Å²) in [4.78, 5) is 20.2. The summed E-state index contributed by atoms with van der Waals surface area (Å²) in [6, 6.07) is 4.04. The zero-order valence-electron chi connectivity index (χ0n) is 11.7. The number of amides is 1. The number of benzene rings is 1. The summed E-state index contributed by atoms with van der Waals surface area (Å²) < 4.78 is 0. The van der Waals surface area contributed by atoms with Gasteiger partial charge in [0.1, 0.15) is 5.69 Å². The van der Waals surface area contributed by atoms with Crippen molar-refractivity contribution in [3.63, 3.8) is 0 Å². The van der Waals surface area contributed by atoms with E-state index >= 15 is 0 Å². The van der Waals surface area contributed by atoms with Gasteiger partial charge in [-0.1, -0.05) is 17.7 Å². The quantitative estimate of drug-likeness (QED) is 0.586. The molecular formula is C14H17N5O. The van der Waals surface area contributed by atoms with Crippen molar-refractivity contribution in [1.29, 1.82) is 0 Å². The second-order valence-corrected chi connectivity index (χ2v) is 4.66. The summed E-state index contributed by atoms with van der Waals surface area (Å²) in [5, 5.41) is 2.86. The van der Waals surface area contributed by atoms with E-state index in [0.717, 1.165) is 22.4 Å². The molecule has 0 spiro atoms. The summed E-state index contributed by atoms with van der Waals surface area (Å²) in [5.74, 6) is 5.28. The molecule has 1 aromatic carbocycles. The Balaban J connectivity index is 2.28. The molecule has 6 nitrogen and oxygen atoms in total. The van der Waals surface area contributed by atoms with E-state index in [4.69, 9.17) is 5.84 Å². The standard InChI is InChI=1S/C14H17N5O/c1-8-4-9(2)13(10(3)5-8)18-14(20)11-6-16-7-12(17-11)19-15/h4-7H,15H2,1-3H3,(H,17,19)(H,18,20). The lowest BCUT2D eigenvalue weighted by molar-refractivity contribution is 0.102. The first-order valence-corrected chi connectivity index (χ1v) is 6.19. The molecule has 6 heteroatoms. The van der Waals surface area contributed by atoms with E-state index in [1.807, 2.05) is 32.9 Å². The van der Waals surface area contributed by atoms with Crippen molar-refractivity contribution in [2.24, 2.45) is 5.84 Å². The molecule has 1 heterocycles. The summed E-state index contributed by atoms with van der Waals surface area (Å²) in [7, 11) is 0. The number of nitrogens with zero attached hydrogens (tertiary/aromatic N) is 2. The van der Waals surface area contributed by atoms with Gasteiger partial charge in [-0.3, -0.25) is 9.78 Å². The predicted molar refractivity (Wildman–Crippen MR) is 78.4 cm³/mol. The molecule has 0 aliphatic heterocycles. The van der Waals surface area contributed by atoms with Gasteiger partial charge in [0.15, 0.2) is 5.82 Å². The average molecular weight is 271 g/mol. The molecule has 0 fully saturated rings. The molecule has 0 aliphatic rings. The minimum atomic E-state index is -0.315. The molecule has 2 rings (SSSR count). The number of aromatic nitrogens is 2. The molecule has 0 atom stereocenters. The van der Waals surface area contributed by atoms with Crippen LogP contribution in [0.1, 0.15) is 27.2 Å². The molecule has 0 radical (unpaired) electrons. The van der Waals surface area contributed by atoms with Crippen LogP contribution >= 0.6 is 0 Å². The zero-order chi connectivity index (χ0) is 14.7. The maximum absolute atomic E-state index is 12.2. The Hall–Kier alpha value is -2.47.